The normalized spacial score (nSPS) is 13.1. The smallest absolute Gasteiger partial charge is 0.0476 e. The van der Waals surface area contributed by atoms with Crippen molar-refractivity contribution in [3.63, 3.8) is 0 Å². The van der Waals surface area contributed by atoms with E-state index in [0.717, 1.165) is 6.42 Å². The summed E-state index contributed by atoms with van der Waals surface area (Å²) in [5.74, 6) is 1.96. The maximum absolute atomic E-state index is 6.04. The molecule has 0 nitrogen and oxygen atoms in total. The predicted octanol–water partition coefficient (Wildman–Crippen LogP) is 5.14. The third-order valence-electron chi connectivity index (χ3n) is 3.18. The van der Waals surface area contributed by atoms with Crippen LogP contribution < -0.4 is 0 Å². The van der Waals surface area contributed by atoms with Gasteiger partial charge in [-0.3, -0.25) is 0 Å². The second-order valence-corrected chi connectivity index (χ2v) is 5.34. The first kappa shape index (κ1) is 13.6. The van der Waals surface area contributed by atoms with E-state index in [1.165, 1.54) is 23.1 Å². The fourth-order valence-electron chi connectivity index (χ4n) is 1.95. The maximum Gasteiger partial charge on any atom is 0.0476 e. The highest BCUT2D eigenvalue weighted by Crippen LogP contribution is 2.24. The monoisotopic (exact) mass is 238 g/mol. The summed E-state index contributed by atoms with van der Waals surface area (Å²) in [6.07, 6.45) is 2.31. The van der Waals surface area contributed by atoms with Gasteiger partial charge < -0.3 is 0 Å². The predicted molar refractivity (Wildman–Crippen MR) is 73.2 cm³/mol. The lowest BCUT2D eigenvalue weighted by molar-refractivity contribution is 0.643. The molecule has 0 bridgehead atoms. The summed E-state index contributed by atoms with van der Waals surface area (Å²) in [6, 6.07) is 6.82. The van der Waals surface area contributed by atoms with Gasteiger partial charge in [0.1, 0.15) is 0 Å². The minimum absolute atomic E-state index is 0.631. The topological polar surface area (TPSA) is 0 Å². The maximum atomic E-state index is 6.04. The van der Waals surface area contributed by atoms with Gasteiger partial charge in [0.2, 0.25) is 0 Å². The van der Waals surface area contributed by atoms with Gasteiger partial charge in [-0.05, 0) is 41.4 Å². The fraction of sp³-hybridized carbons (Fsp3) is 0.600. The zero-order valence-electron chi connectivity index (χ0n) is 10.9. The van der Waals surface area contributed by atoms with Crippen molar-refractivity contribution in [1.82, 2.24) is 0 Å². The number of alkyl halides is 1. The van der Waals surface area contributed by atoms with E-state index in [-0.39, 0.29) is 0 Å². The zero-order valence-corrected chi connectivity index (χ0v) is 11.6. The van der Waals surface area contributed by atoms with Crippen molar-refractivity contribution in [1.29, 1.82) is 0 Å². The Morgan fingerprint density at radius 2 is 1.81 bits per heavy atom. The lowest BCUT2D eigenvalue weighted by Crippen LogP contribution is -2.01. The van der Waals surface area contributed by atoms with E-state index < -0.39 is 0 Å². The highest BCUT2D eigenvalue weighted by Gasteiger charge is 2.08. The Morgan fingerprint density at radius 3 is 2.31 bits per heavy atom. The fourth-order valence-corrected chi connectivity index (χ4v) is 2.20. The molecule has 0 heterocycles. The Morgan fingerprint density at radius 1 is 1.12 bits per heavy atom. The third kappa shape index (κ3) is 3.52. The number of hydrogen-bond donors (Lipinski definition) is 0. The van der Waals surface area contributed by atoms with Crippen LogP contribution >= 0.6 is 11.6 Å². The molecule has 0 aliphatic rings. The van der Waals surface area contributed by atoms with Crippen LogP contribution in [-0.2, 0) is 12.3 Å². The quantitative estimate of drug-likeness (QED) is 0.624. The van der Waals surface area contributed by atoms with Crippen LogP contribution in [0.2, 0.25) is 0 Å². The molecule has 1 rings (SSSR count). The second-order valence-electron chi connectivity index (χ2n) is 5.07. The summed E-state index contributed by atoms with van der Waals surface area (Å²) in [6.45, 7) is 9.00. The molecule has 1 unspecified atom stereocenters. The minimum atomic E-state index is 0.631. The van der Waals surface area contributed by atoms with Crippen molar-refractivity contribution in [3.05, 3.63) is 34.9 Å². The average molecular weight is 239 g/mol. The summed E-state index contributed by atoms with van der Waals surface area (Å²) in [5.41, 5.74) is 4.15. The van der Waals surface area contributed by atoms with Crippen LogP contribution in [-0.4, -0.2) is 0 Å². The Labute approximate surface area is 105 Å². The summed E-state index contributed by atoms with van der Waals surface area (Å²) < 4.78 is 0. The molecule has 1 atom stereocenters. The molecule has 0 N–H and O–H groups in total. The summed E-state index contributed by atoms with van der Waals surface area (Å²) in [7, 11) is 0. The molecule has 0 spiro atoms. The average Bonchev–Trinajstić information content (AvgIpc) is 2.27. The minimum Gasteiger partial charge on any atom is -0.122 e. The SMILES string of the molecule is CCC(C)c1ccc(CC(C)C)c(CCl)c1. The van der Waals surface area contributed by atoms with Crippen LogP contribution in [0.3, 0.4) is 0 Å². The molecule has 0 aliphatic heterocycles. The van der Waals surface area contributed by atoms with E-state index in [2.05, 4.69) is 45.9 Å². The van der Waals surface area contributed by atoms with Crippen molar-refractivity contribution in [2.24, 2.45) is 5.92 Å². The molecule has 1 aromatic carbocycles. The molecule has 0 saturated heterocycles. The van der Waals surface area contributed by atoms with Gasteiger partial charge in [0.05, 0.1) is 0 Å². The Bertz CT molecular complexity index is 328. The summed E-state index contributed by atoms with van der Waals surface area (Å²) >= 11 is 6.04. The van der Waals surface area contributed by atoms with Crippen LogP contribution in [0.5, 0.6) is 0 Å². The highest BCUT2D eigenvalue weighted by atomic mass is 35.5. The third-order valence-corrected chi connectivity index (χ3v) is 3.47. The number of halogens is 1. The summed E-state index contributed by atoms with van der Waals surface area (Å²) in [5, 5.41) is 0. The van der Waals surface area contributed by atoms with Gasteiger partial charge in [-0.1, -0.05) is 45.9 Å². The van der Waals surface area contributed by atoms with Gasteiger partial charge in [0.25, 0.3) is 0 Å². The molecule has 0 aliphatic carbocycles. The van der Waals surface area contributed by atoms with Crippen molar-refractivity contribution >= 4 is 11.6 Å². The number of hydrogen-bond acceptors (Lipinski definition) is 0. The van der Waals surface area contributed by atoms with Crippen molar-refractivity contribution in [2.75, 3.05) is 0 Å². The molecular formula is C15H23Cl. The van der Waals surface area contributed by atoms with Gasteiger partial charge in [-0.25, -0.2) is 0 Å². The van der Waals surface area contributed by atoms with E-state index in [4.69, 9.17) is 11.6 Å². The van der Waals surface area contributed by atoms with E-state index in [9.17, 15) is 0 Å². The van der Waals surface area contributed by atoms with Crippen LogP contribution in [0.4, 0.5) is 0 Å². The second kappa shape index (κ2) is 6.30. The first-order chi connectivity index (χ1) is 7.58. The van der Waals surface area contributed by atoms with E-state index in [1.54, 1.807) is 0 Å². The van der Waals surface area contributed by atoms with E-state index >= 15 is 0 Å². The molecule has 90 valence electrons. The van der Waals surface area contributed by atoms with Gasteiger partial charge in [0, 0.05) is 5.88 Å². The van der Waals surface area contributed by atoms with Gasteiger partial charge in [-0.2, -0.15) is 0 Å². The molecule has 1 heteroatoms. The van der Waals surface area contributed by atoms with Crippen LogP contribution in [0.1, 0.15) is 56.7 Å². The molecule has 0 saturated carbocycles. The first-order valence-corrected chi connectivity index (χ1v) is 6.79. The molecular weight excluding hydrogens is 216 g/mol. The van der Waals surface area contributed by atoms with Crippen molar-refractivity contribution < 1.29 is 0 Å². The van der Waals surface area contributed by atoms with E-state index in [1.807, 2.05) is 0 Å². The Kier molecular flexibility index (Phi) is 5.34. The lowest BCUT2D eigenvalue weighted by atomic mass is 9.92. The molecule has 0 radical (unpaired) electrons. The van der Waals surface area contributed by atoms with Crippen molar-refractivity contribution in [2.45, 2.75) is 52.3 Å². The van der Waals surface area contributed by atoms with Gasteiger partial charge in [0.15, 0.2) is 0 Å². The number of rotatable bonds is 5. The largest absolute Gasteiger partial charge is 0.122 e. The molecule has 16 heavy (non-hydrogen) atoms. The molecule has 0 fully saturated rings. The molecule has 1 aromatic rings. The number of benzene rings is 1. The Balaban J connectivity index is 2.97. The van der Waals surface area contributed by atoms with Crippen LogP contribution in [0, 0.1) is 5.92 Å². The van der Waals surface area contributed by atoms with Crippen molar-refractivity contribution in [3.8, 4) is 0 Å². The van der Waals surface area contributed by atoms with Crippen LogP contribution in [0.25, 0.3) is 0 Å². The first-order valence-electron chi connectivity index (χ1n) is 6.26. The summed E-state index contributed by atoms with van der Waals surface area (Å²) in [4.78, 5) is 0. The highest BCUT2D eigenvalue weighted by molar-refractivity contribution is 6.17. The Hall–Kier alpha value is -0.490. The lowest BCUT2D eigenvalue weighted by Gasteiger charge is -2.15. The molecule has 0 amide bonds. The van der Waals surface area contributed by atoms with Crippen LogP contribution in [0.15, 0.2) is 18.2 Å². The standard InChI is InChI=1S/C15H23Cl/c1-5-12(4)13-6-7-14(8-11(2)3)15(9-13)10-16/h6-7,9,11-12H,5,8,10H2,1-4H3. The van der Waals surface area contributed by atoms with Gasteiger partial charge in [-0.15, -0.1) is 11.6 Å². The van der Waals surface area contributed by atoms with Gasteiger partial charge >= 0.3 is 0 Å². The molecule has 0 aromatic heterocycles. The van der Waals surface area contributed by atoms with E-state index in [0.29, 0.717) is 17.7 Å². The zero-order chi connectivity index (χ0) is 12.1.